The normalized spacial score (nSPS) is 32.7. The summed E-state index contributed by atoms with van der Waals surface area (Å²) in [6, 6.07) is 2.40. The van der Waals surface area contributed by atoms with Crippen LogP contribution in [0.2, 0.25) is 0 Å². The van der Waals surface area contributed by atoms with Gasteiger partial charge in [-0.25, -0.2) is 0 Å². The van der Waals surface area contributed by atoms with Crippen LogP contribution < -0.4 is 0 Å². The van der Waals surface area contributed by atoms with Crippen molar-refractivity contribution < 1.29 is 4.74 Å². The molecule has 1 aliphatic carbocycles. The van der Waals surface area contributed by atoms with Gasteiger partial charge in [0, 0.05) is 6.61 Å². The molecule has 2 rings (SSSR count). The van der Waals surface area contributed by atoms with E-state index in [0.29, 0.717) is 0 Å². The van der Waals surface area contributed by atoms with Crippen molar-refractivity contribution in [2.75, 3.05) is 6.61 Å². The zero-order chi connectivity index (χ0) is 9.15. The van der Waals surface area contributed by atoms with E-state index in [2.05, 4.69) is 6.07 Å². The molecule has 2 heteroatoms. The molecular weight excluding hydrogens is 162 g/mol. The van der Waals surface area contributed by atoms with E-state index in [1.165, 1.54) is 32.1 Å². The molecule has 0 aromatic rings. The summed E-state index contributed by atoms with van der Waals surface area (Å²) in [6.45, 7) is 0.804. The average molecular weight is 179 g/mol. The number of ether oxygens (including phenoxy) is 1. The van der Waals surface area contributed by atoms with Crippen molar-refractivity contribution >= 4 is 0 Å². The van der Waals surface area contributed by atoms with Crippen molar-refractivity contribution in [3.63, 3.8) is 0 Å². The van der Waals surface area contributed by atoms with E-state index in [9.17, 15) is 0 Å². The Morgan fingerprint density at radius 2 is 2.00 bits per heavy atom. The van der Waals surface area contributed by atoms with Crippen LogP contribution in [0.4, 0.5) is 0 Å². The quantitative estimate of drug-likeness (QED) is 0.572. The zero-order valence-corrected chi connectivity index (χ0v) is 8.09. The van der Waals surface area contributed by atoms with Gasteiger partial charge in [0.05, 0.1) is 17.6 Å². The van der Waals surface area contributed by atoms with Crippen LogP contribution in [-0.4, -0.2) is 12.2 Å². The highest BCUT2D eigenvalue weighted by molar-refractivity contribution is 4.96. The highest BCUT2D eigenvalue weighted by Gasteiger charge is 2.38. The fourth-order valence-corrected chi connectivity index (χ4v) is 2.68. The Hall–Kier alpha value is -0.550. The van der Waals surface area contributed by atoms with Crippen molar-refractivity contribution in [1.29, 1.82) is 5.26 Å². The van der Waals surface area contributed by atoms with Crippen LogP contribution >= 0.6 is 0 Å². The maximum atomic E-state index is 8.90. The van der Waals surface area contributed by atoms with Gasteiger partial charge in [0.15, 0.2) is 0 Å². The van der Waals surface area contributed by atoms with Gasteiger partial charge in [-0.05, 0) is 25.7 Å². The van der Waals surface area contributed by atoms with E-state index < -0.39 is 0 Å². The number of hydrogen-bond donors (Lipinski definition) is 0. The van der Waals surface area contributed by atoms with E-state index in [-0.39, 0.29) is 11.5 Å². The van der Waals surface area contributed by atoms with Crippen LogP contribution in [0.25, 0.3) is 0 Å². The highest BCUT2D eigenvalue weighted by Crippen LogP contribution is 2.40. The molecule has 72 valence electrons. The summed E-state index contributed by atoms with van der Waals surface area (Å²) >= 11 is 0. The molecule has 2 nitrogen and oxygen atoms in total. The largest absolute Gasteiger partial charge is 0.375 e. The molecule has 1 atom stereocenters. The minimum Gasteiger partial charge on any atom is -0.375 e. The van der Waals surface area contributed by atoms with Crippen molar-refractivity contribution in [2.24, 2.45) is 5.92 Å². The van der Waals surface area contributed by atoms with Crippen LogP contribution in [0, 0.1) is 17.2 Å². The maximum Gasteiger partial charge on any atom is 0.0695 e. The third-order valence-electron chi connectivity index (χ3n) is 3.44. The van der Waals surface area contributed by atoms with Crippen LogP contribution in [0.15, 0.2) is 0 Å². The molecule has 1 spiro atoms. The highest BCUT2D eigenvalue weighted by atomic mass is 16.5. The van der Waals surface area contributed by atoms with Crippen LogP contribution in [0.3, 0.4) is 0 Å². The van der Waals surface area contributed by atoms with Gasteiger partial charge >= 0.3 is 0 Å². The van der Waals surface area contributed by atoms with Gasteiger partial charge in [0.1, 0.15) is 0 Å². The maximum absolute atomic E-state index is 8.90. The average Bonchev–Trinajstić information content (AvgIpc) is 2.19. The third kappa shape index (κ3) is 1.86. The minimum atomic E-state index is 0.108. The van der Waals surface area contributed by atoms with E-state index in [4.69, 9.17) is 10.00 Å². The number of nitrogens with zero attached hydrogens (tertiary/aromatic N) is 1. The molecular formula is C11H17NO. The predicted octanol–water partition coefficient (Wildman–Crippen LogP) is 2.64. The molecule has 0 N–H and O–H groups in total. The Bertz CT molecular complexity index is 207. The molecule has 0 aromatic carbocycles. The summed E-state index contributed by atoms with van der Waals surface area (Å²) in [5.41, 5.74) is 0.108. The second kappa shape index (κ2) is 3.67. The SMILES string of the molecule is N#CC1CCOC2(CCCCC2)C1. The number of rotatable bonds is 0. The lowest BCUT2D eigenvalue weighted by atomic mass is 9.76. The molecule has 13 heavy (non-hydrogen) atoms. The fourth-order valence-electron chi connectivity index (χ4n) is 2.68. The molecule has 1 unspecified atom stereocenters. The predicted molar refractivity (Wildman–Crippen MR) is 50.1 cm³/mol. The number of nitriles is 1. The van der Waals surface area contributed by atoms with Gasteiger partial charge in [-0.15, -0.1) is 0 Å². The Kier molecular flexibility index (Phi) is 2.55. The van der Waals surface area contributed by atoms with Gasteiger partial charge in [-0.3, -0.25) is 0 Å². The summed E-state index contributed by atoms with van der Waals surface area (Å²) in [5.74, 6) is 0.256. The second-order valence-corrected chi connectivity index (χ2v) is 4.41. The molecule has 1 aliphatic heterocycles. The molecule has 0 bridgehead atoms. The first kappa shape index (κ1) is 9.02. The van der Waals surface area contributed by atoms with E-state index in [1.807, 2.05) is 0 Å². The van der Waals surface area contributed by atoms with Gasteiger partial charge in [0.25, 0.3) is 0 Å². The van der Waals surface area contributed by atoms with Gasteiger partial charge in [0.2, 0.25) is 0 Å². The summed E-state index contributed by atoms with van der Waals surface area (Å²) in [5, 5.41) is 8.90. The van der Waals surface area contributed by atoms with Crippen molar-refractivity contribution in [2.45, 2.75) is 50.5 Å². The van der Waals surface area contributed by atoms with E-state index in [0.717, 1.165) is 19.4 Å². The van der Waals surface area contributed by atoms with Crippen LogP contribution in [0.1, 0.15) is 44.9 Å². The lowest BCUT2D eigenvalue weighted by Crippen LogP contribution is -2.41. The zero-order valence-electron chi connectivity index (χ0n) is 8.09. The Morgan fingerprint density at radius 1 is 1.23 bits per heavy atom. The van der Waals surface area contributed by atoms with Gasteiger partial charge in [-0.2, -0.15) is 5.26 Å². The first-order valence-corrected chi connectivity index (χ1v) is 5.38. The third-order valence-corrected chi connectivity index (χ3v) is 3.44. The molecule has 0 radical (unpaired) electrons. The lowest BCUT2D eigenvalue weighted by molar-refractivity contribution is -0.110. The minimum absolute atomic E-state index is 0.108. The topological polar surface area (TPSA) is 33.0 Å². The fraction of sp³-hybridized carbons (Fsp3) is 0.909. The second-order valence-electron chi connectivity index (χ2n) is 4.41. The first-order valence-electron chi connectivity index (χ1n) is 5.38. The molecule has 0 aromatic heterocycles. The van der Waals surface area contributed by atoms with E-state index in [1.54, 1.807) is 0 Å². The summed E-state index contributed by atoms with van der Waals surface area (Å²) < 4.78 is 5.89. The Labute approximate surface area is 79.9 Å². The van der Waals surface area contributed by atoms with Gasteiger partial charge < -0.3 is 4.74 Å². The van der Waals surface area contributed by atoms with Crippen molar-refractivity contribution in [3.05, 3.63) is 0 Å². The Balaban J connectivity index is 2.00. The first-order chi connectivity index (χ1) is 6.35. The molecule has 2 fully saturated rings. The lowest BCUT2D eigenvalue weighted by Gasteiger charge is -2.41. The summed E-state index contributed by atoms with van der Waals surface area (Å²) in [6.07, 6.45) is 8.23. The molecule has 1 saturated carbocycles. The summed E-state index contributed by atoms with van der Waals surface area (Å²) in [7, 11) is 0. The number of hydrogen-bond acceptors (Lipinski definition) is 2. The molecule has 1 heterocycles. The molecule has 2 aliphatic rings. The van der Waals surface area contributed by atoms with Crippen LogP contribution in [-0.2, 0) is 4.74 Å². The molecule has 1 saturated heterocycles. The standard InChI is InChI=1S/C11H17NO/c12-9-10-4-7-13-11(8-10)5-2-1-3-6-11/h10H,1-8H2. The monoisotopic (exact) mass is 179 g/mol. The van der Waals surface area contributed by atoms with Crippen molar-refractivity contribution in [3.8, 4) is 6.07 Å². The summed E-state index contributed by atoms with van der Waals surface area (Å²) in [4.78, 5) is 0. The van der Waals surface area contributed by atoms with Crippen molar-refractivity contribution in [1.82, 2.24) is 0 Å². The smallest absolute Gasteiger partial charge is 0.0695 e. The Morgan fingerprint density at radius 3 is 2.69 bits per heavy atom. The van der Waals surface area contributed by atoms with Gasteiger partial charge in [-0.1, -0.05) is 19.3 Å². The van der Waals surface area contributed by atoms with E-state index >= 15 is 0 Å². The van der Waals surface area contributed by atoms with Crippen LogP contribution in [0.5, 0.6) is 0 Å². The molecule has 0 amide bonds.